The molecule has 2 N–H and O–H groups in total. The van der Waals surface area contributed by atoms with Crippen molar-refractivity contribution < 1.29 is 19.1 Å². The van der Waals surface area contributed by atoms with Crippen molar-refractivity contribution in [3.8, 4) is 5.75 Å². The molecule has 9 heteroatoms. The number of rotatable bonds is 9. The van der Waals surface area contributed by atoms with E-state index in [4.69, 9.17) is 9.47 Å². The minimum Gasteiger partial charge on any atom is -0.491 e. The standard InChI is InChI=1S/C26H30N4O5/c1-2-3-6-15-30-26(33)22-10-5-4-9-21(22)23(29-30)25(32)28-27-24(31)18-11-13-19(14-12-18)35-17-20-8-7-16-34-20/h4-5,9-14,20H,2-3,6-8,15-17H2,1H3,(H,27,31)(H,28,32). The van der Waals surface area contributed by atoms with Gasteiger partial charge in [-0.2, -0.15) is 5.10 Å². The first-order chi connectivity index (χ1) is 17.1. The number of ether oxygens (including phenoxy) is 2. The van der Waals surface area contributed by atoms with Crippen LogP contribution in [0.25, 0.3) is 10.8 Å². The van der Waals surface area contributed by atoms with Gasteiger partial charge in [0.05, 0.1) is 11.5 Å². The van der Waals surface area contributed by atoms with Gasteiger partial charge >= 0.3 is 0 Å². The Morgan fingerprint density at radius 1 is 1.06 bits per heavy atom. The quantitative estimate of drug-likeness (QED) is 0.361. The van der Waals surface area contributed by atoms with E-state index >= 15 is 0 Å². The number of nitrogens with zero attached hydrogens (tertiary/aromatic N) is 2. The molecule has 2 aromatic carbocycles. The summed E-state index contributed by atoms with van der Waals surface area (Å²) in [5.41, 5.74) is 5.03. The third-order valence-electron chi connectivity index (χ3n) is 5.92. The van der Waals surface area contributed by atoms with Crippen LogP contribution in [0.5, 0.6) is 5.75 Å². The number of hydrogen-bond donors (Lipinski definition) is 2. The van der Waals surface area contributed by atoms with Crippen molar-refractivity contribution in [1.82, 2.24) is 20.6 Å². The molecule has 3 aromatic rings. The number of aryl methyl sites for hydroxylation is 1. The number of amides is 2. The molecule has 184 valence electrons. The summed E-state index contributed by atoms with van der Waals surface area (Å²) in [5, 5.41) is 5.15. The molecular formula is C26H30N4O5. The average molecular weight is 479 g/mol. The Hall–Kier alpha value is -3.72. The third kappa shape index (κ3) is 6.05. The summed E-state index contributed by atoms with van der Waals surface area (Å²) in [7, 11) is 0. The van der Waals surface area contributed by atoms with E-state index in [1.54, 1.807) is 48.5 Å². The predicted molar refractivity (Wildman–Crippen MR) is 131 cm³/mol. The van der Waals surface area contributed by atoms with Crippen LogP contribution in [0.1, 0.15) is 59.9 Å². The number of nitrogens with one attached hydrogen (secondary N) is 2. The zero-order valence-electron chi connectivity index (χ0n) is 19.8. The highest BCUT2D eigenvalue weighted by Crippen LogP contribution is 2.17. The van der Waals surface area contributed by atoms with Crippen LogP contribution >= 0.6 is 0 Å². The molecule has 1 fully saturated rings. The summed E-state index contributed by atoms with van der Waals surface area (Å²) < 4.78 is 12.6. The summed E-state index contributed by atoms with van der Waals surface area (Å²) >= 11 is 0. The molecule has 0 spiro atoms. The summed E-state index contributed by atoms with van der Waals surface area (Å²) in [4.78, 5) is 38.3. The van der Waals surface area contributed by atoms with Gasteiger partial charge in [-0.25, -0.2) is 4.68 Å². The van der Waals surface area contributed by atoms with Gasteiger partial charge in [0.15, 0.2) is 5.69 Å². The molecule has 1 unspecified atom stereocenters. The van der Waals surface area contributed by atoms with E-state index in [0.29, 0.717) is 35.2 Å². The monoisotopic (exact) mass is 478 g/mol. The number of fused-ring (bicyclic) bond motifs is 1. The lowest BCUT2D eigenvalue weighted by Crippen LogP contribution is -2.42. The third-order valence-corrected chi connectivity index (χ3v) is 5.92. The number of hydrogen-bond acceptors (Lipinski definition) is 6. The molecule has 1 aliphatic rings. The van der Waals surface area contributed by atoms with Crippen LogP contribution in [0.4, 0.5) is 0 Å². The summed E-state index contributed by atoms with van der Waals surface area (Å²) in [5.74, 6) is -0.443. The second kappa shape index (κ2) is 11.6. The molecule has 35 heavy (non-hydrogen) atoms. The van der Waals surface area contributed by atoms with Gasteiger partial charge in [-0.1, -0.05) is 38.0 Å². The summed E-state index contributed by atoms with van der Waals surface area (Å²) in [6.07, 6.45) is 4.89. The maximum atomic E-state index is 12.9. The van der Waals surface area contributed by atoms with Crippen LogP contribution in [0.2, 0.25) is 0 Å². The maximum absolute atomic E-state index is 12.9. The van der Waals surface area contributed by atoms with Gasteiger partial charge in [0.1, 0.15) is 12.4 Å². The fourth-order valence-electron chi connectivity index (χ4n) is 3.98. The molecule has 1 aliphatic heterocycles. The first kappa shape index (κ1) is 24.4. The number of benzene rings is 2. The fraction of sp³-hybridized carbons (Fsp3) is 0.385. The minimum atomic E-state index is -0.602. The Kier molecular flexibility index (Phi) is 8.10. The van der Waals surface area contributed by atoms with Crippen LogP contribution in [0, 0.1) is 0 Å². The smallest absolute Gasteiger partial charge is 0.290 e. The molecule has 1 aromatic heterocycles. The lowest BCUT2D eigenvalue weighted by Gasteiger charge is -2.13. The second-order valence-corrected chi connectivity index (χ2v) is 8.51. The SMILES string of the molecule is CCCCCn1nc(C(=O)NNC(=O)c2ccc(OCC3CCCO3)cc2)c2ccccc2c1=O. The number of hydrazine groups is 1. The first-order valence-corrected chi connectivity index (χ1v) is 12.0. The highest BCUT2D eigenvalue weighted by atomic mass is 16.5. The average Bonchev–Trinajstić information content (AvgIpc) is 3.41. The zero-order chi connectivity index (χ0) is 24.6. The van der Waals surface area contributed by atoms with Crippen LogP contribution in [0.15, 0.2) is 53.3 Å². The number of carbonyl (C=O) groups excluding carboxylic acids is 2. The second-order valence-electron chi connectivity index (χ2n) is 8.51. The summed E-state index contributed by atoms with van der Waals surface area (Å²) in [6, 6.07) is 13.5. The van der Waals surface area contributed by atoms with Gasteiger partial charge in [0.25, 0.3) is 17.4 Å². The van der Waals surface area contributed by atoms with E-state index in [1.165, 1.54) is 4.68 Å². The Morgan fingerprint density at radius 2 is 1.80 bits per heavy atom. The van der Waals surface area contributed by atoms with Crippen molar-refractivity contribution in [2.45, 2.75) is 51.7 Å². The van der Waals surface area contributed by atoms with E-state index in [9.17, 15) is 14.4 Å². The van der Waals surface area contributed by atoms with E-state index in [0.717, 1.165) is 38.7 Å². The molecule has 2 heterocycles. The molecule has 0 radical (unpaired) electrons. The largest absolute Gasteiger partial charge is 0.491 e. The van der Waals surface area contributed by atoms with E-state index in [-0.39, 0.29) is 17.4 Å². The van der Waals surface area contributed by atoms with Gasteiger partial charge in [-0.3, -0.25) is 25.2 Å². The van der Waals surface area contributed by atoms with Crippen LogP contribution < -0.4 is 21.1 Å². The van der Waals surface area contributed by atoms with Crippen molar-refractivity contribution in [1.29, 1.82) is 0 Å². The topological polar surface area (TPSA) is 112 Å². The van der Waals surface area contributed by atoms with E-state index in [1.807, 2.05) is 0 Å². The van der Waals surface area contributed by atoms with Crippen molar-refractivity contribution in [3.63, 3.8) is 0 Å². The number of unbranched alkanes of at least 4 members (excludes halogenated alkanes) is 2. The normalized spacial score (nSPS) is 15.2. The number of carbonyl (C=O) groups is 2. The molecular weight excluding hydrogens is 448 g/mol. The van der Waals surface area contributed by atoms with Crippen LogP contribution in [0.3, 0.4) is 0 Å². The van der Waals surface area contributed by atoms with Crippen LogP contribution in [-0.2, 0) is 11.3 Å². The molecule has 9 nitrogen and oxygen atoms in total. The zero-order valence-corrected chi connectivity index (χ0v) is 19.8. The number of aromatic nitrogens is 2. The van der Waals surface area contributed by atoms with E-state index in [2.05, 4.69) is 22.9 Å². The lowest BCUT2D eigenvalue weighted by atomic mass is 10.1. The molecule has 0 bridgehead atoms. The molecule has 1 atom stereocenters. The fourth-order valence-corrected chi connectivity index (χ4v) is 3.98. The first-order valence-electron chi connectivity index (χ1n) is 12.0. The highest BCUT2D eigenvalue weighted by molar-refractivity contribution is 6.06. The maximum Gasteiger partial charge on any atom is 0.290 e. The van der Waals surface area contributed by atoms with Crippen molar-refractivity contribution in [2.75, 3.05) is 13.2 Å². The Morgan fingerprint density at radius 3 is 2.51 bits per heavy atom. The lowest BCUT2D eigenvalue weighted by molar-refractivity contribution is 0.0679. The minimum absolute atomic E-state index is 0.0786. The molecule has 0 saturated carbocycles. The van der Waals surface area contributed by atoms with Crippen molar-refractivity contribution in [3.05, 3.63) is 70.1 Å². The van der Waals surface area contributed by atoms with Crippen molar-refractivity contribution >= 4 is 22.6 Å². The Balaban J connectivity index is 1.41. The molecule has 2 amide bonds. The van der Waals surface area contributed by atoms with Crippen molar-refractivity contribution in [2.24, 2.45) is 0 Å². The van der Waals surface area contributed by atoms with Gasteiger partial charge < -0.3 is 9.47 Å². The predicted octanol–water partition coefficient (Wildman–Crippen LogP) is 3.22. The van der Waals surface area contributed by atoms with E-state index < -0.39 is 11.8 Å². The Bertz CT molecular complexity index is 1230. The van der Waals surface area contributed by atoms with Gasteiger partial charge in [-0.05, 0) is 49.6 Å². The molecule has 4 rings (SSSR count). The van der Waals surface area contributed by atoms with Gasteiger partial charge in [0.2, 0.25) is 0 Å². The molecule has 0 aliphatic carbocycles. The highest BCUT2D eigenvalue weighted by Gasteiger charge is 2.18. The van der Waals surface area contributed by atoms with Gasteiger partial charge in [0, 0.05) is 24.1 Å². The van der Waals surface area contributed by atoms with Gasteiger partial charge in [-0.15, -0.1) is 0 Å². The Labute approximate surface area is 203 Å². The summed E-state index contributed by atoms with van der Waals surface area (Å²) in [6.45, 7) is 3.74. The van der Waals surface area contributed by atoms with Crippen LogP contribution in [-0.4, -0.2) is 40.9 Å². The molecule has 1 saturated heterocycles.